The van der Waals surface area contributed by atoms with Gasteiger partial charge < -0.3 is 10.2 Å². The minimum absolute atomic E-state index is 0.580. The minimum atomic E-state index is 0.580. The highest BCUT2D eigenvalue weighted by Crippen LogP contribution is 2.26. The van der Waals surface area contributed by atoms with Gasteiger partial charge in [0.05, 0.1) is 5.56 Å². The number of aryl methyl sites for hydroxylation is 1. The van der Waals surface area contributed by atoms with E-state index in [9.17, 15) is 0 Å². The Morgan fingerprint density at radius 2 is 2.12 bits per heavy atom. The number of hydrogen-bond acceptors (Lipinski definition) is 4. The van der Waals surface area contributed by atoms with E-state index in [2.05, 4.69) is 9.97 Å². The molecule has 4 heteroatoms. The number of nitrogens with zero attached hydrogens (tertiary/aromatic N) is 2. The first-order chi connectivity index (χ1) is 8.24. The van der Waals surface area contributed by atoms with Crippen LogP contribution in [0.3, 0.4) is 0 Å². The lowest BCUT2D eigenvalue weighted by Gasteiger charge is -1.97. The maximum Gasteiger partial charge on any atom is 0.229 e. The molecule has 0 aliphatic heterocycles. The number of aromatic nitrogens is 2. The molecule has 0 fully saturated rings. The van der Waals surface area contributed by atoms with Gasteiger partial charge in [-0.05, 0) is 37.3 Å². The van der Waals surface area contributed by atoms with Gasteiger partial charge in [0.2, 0.25) is 5.89 Å². The number of hydrogen-bond donors (Lipinski definition) is 1. The van der Waals surface area contributed by atoms with Crippen molar-refractivity contribution in [1.29, 1.82) is 0 Å². The lowest BCUT2D eigenvalue weighted by Crippen LogP contribution is -1.86. The Morgan fingerprint density at radius 3 is 2.94 bits per heavy atom. The van der Waals surface area contributed by atoms with Crippen LogP contribution < -0.4 is 5.73 Å². The topological polar surface area (TPSA) is 64.9 Å². The number of fused-ring (bicyclic) bond motifs is 1. The summed E-state index contributed by atoms with van der Waals surface area (Å²) in [4.78, 5) is 8.64. The van der Waals surface area contributed by atoms with Gasteiger partial charge >= 0.3 is 0 Å². The molecule has 3 rings (SSSR count). The summed E-state index contributed by atoms with van der Waals surface area (Å²) in [7, 11) is 0. The average molecular weight is 225 g/mol. The number of pyridine rings is 1. The molecular formula is C13H11N3O. The lowest BCUT2D eigenvalue weighted by molar-refractivity contribution is 0.619. The summed E-state index contributed by atoms with van der Waals surface area (Å²) in [6.07, 6.45) is 1.75. The van der Waals surface area contributed by atoms with Crippen molar-refractivity contribution in [3.8, 4) is 11.5 Å². The molecule has 2 heterocycles. The first-order valence-electron chi connectivity index (χ1n) is 5.32. The molecule has 0 amide bonds. The molecule has 0 unspecified atom stereocenters. The Hall–Kier alpha value is -2.36. The summed E-state index contributed by atoms with van der Waals surface area (Å²) >= 11 is 0. The molecule has 3 aromatic rings. The Kier molecular flexibility index (Phi) is 2.08. The van der Waals surface area contributed by atoms with E-state index in [4.69, 9.17) is 10.2 Å². The van der Waals surface area contributed by atoms with E-state index in [0.717, 1.165) is 22.4 Å². The van der Waals surface area contributed by atoms with Gasteiger partial charge in [-0.2, -0.15) is 0 Å². The van der Waals surface area contributed by atoms with Crippen LogP contribution in [0.2, 0.25) is 0 Å². The molecule has 0 atom stereocenters. The zero-order valence-corrected chi connectivity index (χ0v) is 9.34. The number of benzene rings is 1. The van der Waals surface area contributed by atoms with Crippen LogP contribution in [0, 0.1) is 6.92 Å². The van der Waals surface area contributed by atoms with Crippen LogP contribution in [-0.4, -0.2) is 9.97 Å². The predicted molar refractivity (Wildman–Crippen MR) is 66.4 cm³/mol. The molecule has 1 aromatic carbocycles. The minimum Gasteiger partial charge on any atom is -0.436 e. The zero-order chi connectivity index (χ0) is 11.8. The van der Waals surface area contributed by atoms with Crippen molar-refractivity contribution in [3.05, 3.63) is 42.2 Å². The van der Waals surface area contributed by atoms with E-state index in [1.54, 1.807) is 18.3 Å². The molecule has 84 valence electrons. The number of rotatable bonds is 1. The smallest absolute Gasteiger partial charge is 0.229 e. The molecule has 17 heavy (non-hydrogen) atoms. The molecular weight excluding hydrogens is 214 g/mol. The van der Waals surface area contributed by atoms with Crippen molar-refractivity contribution in [3.63, 3.8) is 0 Å². The lowest BCUT2D eigenvalue weighted by atomic mass is 10.2. The SMILES string of the molecule is Cc1ncccc1-c1nc2cc(N)ccc2o1. The quantitative estimate of drug-likeness (QED) is 0.647. The summed E-state index contributed by atoms with van der Waals surface area (Å²) in [5.74, 6) is 0.580. The van der Waals surface area contributed by atoms with Crippen LogP contribution in [0.4, 0.5) is 5.69 Å². The molecule has 0 radical (unpaired) electrons. The Bertz CT molecular complexity index is 688. The third-order valence-electron chi connectivity index (χ3n) is 2.65. The van der Waals surface area contributed by atoms with Crippen molar-refractivity contribution in [1.82, 2.24) is 9.97 Å². The van der Waals surface area contributed by atoms with Crippen molar-refractivity contribution in [2.75, 3.05) is 5.73 Å². The average Bonchev–Trinajstić information content (AvgIpc) is 2.72. The molecule has 0 aliphatic rings. The van der Waals surface area contributed by atoms with Gasteiger partial charge in [-0.25, -0.2) is 4.98 Å². The van der Waals surface area contributed by atoms with Gasteiger partial charge in [0.25, 0.3) is 0 Å². The third kappa shape index (κ3) is 1.63. The fraction of sp³-hybridized carbons (Fsp3) is 0.0769. The summed E-state index contributed by atoms with van der Waals surface area (Å²) in [6, 6.07) is 9.23. The van der Waals surface area contributed by atoms with Crippen molar-refractivity contribution >= 4 is 16.8 Å². The first kappa shape index (κ1) is 9.84. The molecule has 0 bridgehead atoms. The molecule has 2 aromatic heterocycles. The molecule has 0 saturated carbocycles. The van der Waals surface area contributed by atoms with E-state index < -0.39 is 0 Å². The third-order valence-corrected chi connectivity index (χ3v) is 2.65. The standard InChI is InChI=1S/C13H11N3O/c1-8-10(3-2-6-15-8)13-16-11-7-9(14)4-5-12(11)17-13/h2-7H,14H2,1H3. The highest BCUT2D eigenvalue weighted by Gasteiger charge is 2.10. The number of nitrogens with two attached hydrogens (primary N) is 1. The van der Waals surface area contributed by atoms with E-state index >= 15 is 0 Å². The predicted octanol–water partition coefficient (Wildman–Crippen LogP) is 2.78. The molecule has 4 nitrogen and oxygen atoms in total. The Balaban J connectivity index is 2.22. The maximum atomic E-state index is 5.71. The molecule has 0 spiro atoms. The van der Waals surface area contributed by atoms with E-state index in [1.807, 2.05) is 25.1 Å². The van der Waals surface area contributed by atoms with Crippen LogP contribution in [-0.2, 0) is 0 Å². The van der Waals surface area contributed by atoms with Crippen LogP contribution in [0.15, 0.2) is 40.9 Å². The fourth-order valence-corrected chi connectivity index (χ4v) is 1.77. The fourth-order valence-electron chi connectivity index (χ4n) is 1.77. The van der Waals surface area contributed by atoms with Gasteiger partial charge in [-0.1, -0.05) is 0 Å². The Labute approximate surface area is 98.1 Å². The first-order valence-corrected chi connectivity index (χ1v) is 5.32. The van der Waals surface area contributed by atoms with E-state index in [-0.39, 0.29) is 0 Å². The van der Waals surface area contributed by atoms with Crippen LogP contribution in [0.1, 0.15) is 5.69 Å². The van der Waals surface area contributed by atoms with E-state index in [0.29, 0.717) is 11.6 Å². The summed E-state index contributed by atoms with van der Waals surface area (Å²) in [5, 5.41) is 0. The summed E-state index contributed by atoms with van der Waals surface area (Å²) < 4.78 is 5.68. The second-order valence-electron chi connectivity index (χ2n) is 3.88. The van der Waals surface area contributed by atoms with Crippen molar-refractivity contribution in [2.45, 2.75) is 6.92 Å². The van der Waals surface area contributed by atoms with E-state index in [1.165, 1.54) is 0 Å². The molecule has 0 saturated heterocycles. The largest absolute Gasteiger partial charge is 0.436 e. The van der Waals surface area contributed by atoms with Gasteiger partial charge in [-0.15, -0.1) is 0 Å². The van der Waals surface area contributed by atoms with Crippen LogP contribution >= 0.6 is 0 Å². The second kappa shape index (κ2) is 3.59. The Morgan fingerprint density at radius 1 is 1.24 bits per heavy atom. The number of nitrogen functional groups attached to an aromatic ring is 1. The monoisotopic (exact) mass is 225 g/mol. The van der Waals surface area contributed by atoms with Gasteiger partial charge in [0, 0.05) is 17.6 Å². The van der Waals surface area contributed by atoms with Crippen molar-refractivity contribution in [2.24, 2.45) is 0 Å². The highest BCUT2D eigenvalue weighted by atomic mass is 16.3. The molecule has 2 N–H and O–H groups in total. The summed E-state index contributed by atoms with van der Waals surface area (Å²) in [6.45, 7) is 1.93. The second-order valence-corrected chi connectivity index (χ2v) is 3.88. The summed E-state index contributed by atoms with van der Waals surface area (Å²) in [5.41, 5.74) is 9.69. The maximum absolute atomic E-state index is 5.71. The van der Waals surface area contributed by atoms with Gasteiger partial charge in [0.15, 0.2) is 5.58 Å². The van der Waals surface area contributed by atoms with Crippen LogP contribution in [0.5, 0.6) is 0 Å². The van der Waals surface area contributed by atoms with Crippen LogP contribution in [0.25, 0.3) is 22.6 Å². The normalized spacial score (nSPS) is 10.9. The number of oxazole rings is 1. The zero-order valence-electron chi connectivity index (χ0n) is 9.34. The van der Waals surface area contributed by atoms with Crippen molar-refractivity contribution < 1.29 is 4.42 Å². The van der Waals surface area contributed by atoms with Gasteiger partial charge in [-0.3, -0.25) is 4.98 Å². The number of anilines is 1. The molecule has 0 aliphatic carbocycles. The van der Waals surface area contributed by atoms with Gasteiger partial charge in [0.1, 0.15) is 5.52 Å². The highest BCUT2D eigenvalue weighted by molar-refractivity contribution is 5.79.